The van der Waals surface area contributed by atoms with Crippen LogP contribution in [0, 0.1) is 0 Å². The molecule has 4 heteroatoms. The van der Waals surface area contributed by atoms with E-state index in [4.69, 9.17) is 14.2 Å². The highest BCUT2D eigenvalue weighted by atomic mass is 16.8. The van der Waals surface area contributed by atoms with Crippen molar-refractivity contribution in [2.24, 2.45) is 0 Å². The number of aliphatic hydroxyl groups is 1. The molecule has 66 valence electrons. The molecule has 0 aromatic carbocycles. The van der Waals surface area contributed by atoms with Crippen LogP contribution in [0.15, 0.2) is 0 Å². The maximum absolute atomic E-state index is 9.58. The molecule has 1 rings (SSSR count). The molecule has 0 aromatic heterocycles. The molecular weight excluding hydrogens is 148 g/mol. The quantitative estimate of drug-likeness (QED) is 0.598. The number of rotatable bonds is 3. The van der Waals surface area contributed by atoms with Gasteiger partial charge in [-0.3, -0.25) is 0 Å². The minimum absolute atomic E-state index is 0.359. The first kappa shape index (κ1) is 8.93. The topological polar surface area (TPSA) is 47.9 Å². The van der Waals surface area contributed by atoms with Gasteiger partial charge in [0.05, 0.1) is 6.61 Å². The Balaban J connectivity index is 2.51. The van der Waals surface area contributed by atoms with Crippen LogP contribution in [0.3, 0.4) is 0 Å². The lowest BCUT2D eigenvalue weighted by molar-refractivity contribution is -0.368. The van der Waals surface area contributed by atoms with Gasteiger partial charge in [0.25, 0.3) is 0 Å². The molecule has 0 aliphatic carbocycles. The molecule has 4 nitrogen and oxygen atoms in total. The first-order valence-corrected chi connectivity index (χ1v) is 3.76. The normalized spacial score (nSPS) is 37.9. The van der Waals surface area contributed by atoms with Crippen molar-refractivity contribution in [1.29, 1.82) is 0 Å². The van der Waals surface area contributed by atoms with E-state index >= 15 is 0 Å². The van der Waals surface area contributed by atoms with Gasteiger partial charge in [-0.2, -0.15) is 0 Å². The maximum Gasteiger partial charge on any atom is 0.308 e. The van der Waals surface area contributed by atoms with E-state index in [2.05, 4.69) is 0 Å². The summed E-state index contributed by atoms with van der Waals surface area (Å²) in [6.45, 7) is 2.69. The number of hydrogen-bond acceptors (Lipinski definition) is 4. The van der Waals surface area contributed by atoms with Crippen molar-refractivity contribution in [3.05, 3.63) is 0 Å². The zero-order valence-corrected chi connectivity index (χ0v) is 6.87. The minimum Gasteiger partial charge on any atom is -0.373 e. The fourth-order valence-corrected chi connectivity index (χ4v) is 1.20. The lowest BCUT2D eigenvalue weighted by Gasteiger charge is -2.26. The second kappa shape index (κ2) is 3.49. The van der Waals surface area contributed by atoms with Gasteiger partial charge in [0.2, 0.25) is 0 Å². The molecule has 1 heterocycles. The molecular formula is C7H14O4. The van der Waals surface area contributed by atoms with Gasteiger partial charge in [0.15, 0.2) is 0 Å². The highest BCUT2D eigenvalue weighted by Gasteiger charge is 2.44. The number of methoxy groups -OCH3 is 1. The first-order valence-electron chi connectivity index (χ1n) is 3.76. The second-order valence-electron chi connectivity index (χ2n) is 2.43. The van der Waals surface area contributed by atoms with E-state index in [0.717, 1.165) is 0 Å². The Morgan fingerprint density at radius 1 is 1.73 bits per heavy atom. The molecule has 1 N–H and O–H groups in total. The maximum atomic E-state index is 9.58. The summed E-state index contributed by atoms with van der Waals surface area (Å²) in [7, 11) is 1.53. The Bertz CT molecular complexity index is 128. The van der Waals surface area contributed by atoms with Gasteiger partial charge in [0, 0.05) is 20.1 Å². The van der Waals surface area contributed by atoms with Crippen molar-refractivity contribution < 1.29 is 19.3 Å². The molecule has 1 aliphatic rings. The molecule has 2 unspecified atom stereocenters. The largest absolute Gasteiger partial charge is 0.373 e. The van der Waals surface area contributed by atoms with Gasteiger partial charge in [-0.15, -0.1) is 0 Å². The molecule has 0 bridgehead atoms. The lowest BCUT2D eigenvalue weighted by Crippen LogP contribution is -2.42. The monoisotopic (exact) mass is 162 g/mol. The van der Waals surface area contributed by atoms with Crippen LogP contribution in [0.4, 0.5) is 0 Å². The molecule has 0 saturated carbocycles. The molecule has 0 spiro atoms. The van der Waals surface area contributed by atoms with Crippen LogP contribution in [0.1, 0.15) is 13.3 Å². The van der Waals surface area contributed by atoms with Crippen LogP contribution >= 0.6 is 0 Å². The summed E-state index contributed by atoms with van der Waals surface area (Å²) in [6.07, 6.45) is 0.315. The van der Waals surface area contributed by atoms with Crippen LogP contribution in [0.25, 0.3) is 0 Å². The van der Waals surface area contributed by atoms with Crippen LogP contribution < -0.4 is 0 Å². The Kier molecular flexibility index (Phi) is 2.84. The van der Waals surface area contributed by atoms with Gasteiger partial charge in [-0.1, -0.05) is 0 Å². The summed E-state index contributed by atoms with van der Waals surface area (Å²) in [6, 6.07) is 0. The van der Waals surface area contributed by atoms with Crippen LogP contribution in [-0.4, -0.2) is 37.5 Å². The average Bonchev–Trinajstić information content (AvgIpc) is 2.31. The molecule has 0 amide bonds. The fourth-order valence-electron chi connectivity index (χ4n) is 1.20. The van der Waals surface area contributed by atoms with E-state index in [1.807, 2.05) is 0 Å². The molecule has 11 heavy (non-hydrogen) atoms. The first-order chi connectivity index (χ1) is 5.23. The van der Waals surface area contributed by atoms with E-state index in [-0.39, 0.29) is 6.10 Å². The highest BCUT2D eigenvalue weighted by Crippen LogP contribution is 2.26. The van der Waals surface area contributed by atoms with Gasteiger partial charge >= 0.3 is 5.97 Å². The van der Waals surface area contributed by atoms with E-state index in [1.165, 1.54) is 7.11 Å². The van der Waals surface area contributed by atoms with Crippen molar-refractivity contribution in [2.45, 2.75) is 25.4 Å². The minimum atomic E-state index is -1.51. The van der Waals surface area contributed by atoms with Gasteiger partial charge in [0.1, 0.15) is 6.10 Å². The Morgan fingerprint density at radius 3 is 3.00 bits per heavy atom. The molecule has 1 saturated heterocycles. The average molecular weight is 162 g/mol. The Morgan fingerprint density at radius 2 is 2.45 bits per heavy atom. The highest BCUT2D eigenvalue weighted by molar-refractivity contribution is 4.75. The third-order valence-electron chi connectivity index (χ3n) is 1.73. The molecule has 0 aromatic rings. The van der Waals surface area contributed by atoms with Crippen molar-refractivity contribution in [1.82, 2.24) is 0 Å². The summed E-state index contributed by atoms with van der Waals surface area (Å²) < 4.78 is 15.0. The van der Waals surface area contributed by atoms with E-state index in [1.54, 1.807) is 6.92 Å². The predicted molar refractivity (Wildman–Crippen MR) is 37.9 cm³/mol. The van der Waals surface area contributed by atoms with Crippen LogP contribution in [0.2, 0.25) is 0 Å². The summed E-state index contributed by atoms with van der Waals surface area (Å²) in [4.78, 5) is 0. The second-order valence-corrected chi connectivity index (χ2v) is 2.43. The zero-order valence-electron chi connectivity index (χ0n) is 6.87. The summed E-state index contributed by atoms with van der Waals surface area (Å²) in [5.74, 6) is -1.51. The SMILES string of the molecule is CCOC1(O)OCCC1OC. The standard InChI is InChI=1S/C7H14O4/c1-3-10-7(8)6(9-2)4-5-11-7/h6,8H,3-5H2,1-2H3. The van der Waals surface area contributed by atoms with E-state index in [0.29, 0.717) is 19.6 Å². The van der Waals surface area contributed by atoms with Crippen molar-refractivity contribution >= 4 is 0 Å². The van der Waals surface area contributed by atoms with Crippen molar-refractivity contribution in [3.63, 3.8) is 0 Å². The van der Waals surface area contributed by atoms with Crippen LogP contribution in [0.5, 0.6) is 0 Å². The molecule has 1 fully saturated rings. The van der Waals surface area contributed by atoms with Gasteiger partial charge < -0.3 is 19.3 Å². The third-order valence-corrected chi connectivity index (χ3v) is 1.73. The van der Waals surface area contributed by atoms with Crippen molar-refractivity contribution in [2.75, 3.05) is 20.3 Å². The summed E-state index contributed by atoms with van der Waals surface area (Å²) >= 11 is 0. The van der Waals surface area contributed by atoms with Crippen LogP contribution in [-0.2, 0) is 14.2 Å². The predicted octanol–water partition coefficient (Wildman–Crippen LogP) is 0.104. The van der Waals surface area contributed by atoms with E-state index < -0.39 is 5.97 Å². The summed E-state index contributed by atoms with van der Waals surface area (Å²) in [5.41, 5.74) is 0. The molecule has 0 radical (unpaired) electrons. The lowest BCUT2D eigenvalue weighted by atomic mass is 10.2. The Hall–Kier alpha value is -0.160. The van der Waals surface area contributed by atoms with E-state index in [9.17, 15) is 5.11 Å². The van der Waals surface area contributed by atoms with Crippen molar-refractivity contribution in [3.8, 4) is 0 Å². The number of hydrogen-bond donors (Lipinski definition) is 1. The fraction of sp³-hybridized carbons (Fsp3) is 1.00. The Labute approximate surface area is 66.1 Å². The summed E-state index contributed by atoms with van der Waals surface area (Å²) in [5, 5.41) is 9.58. The smallest absolute Gasteiger partial charge is 0.308 e. The molecule has 2 atom stereocenters. The molecule has 1 aliphatic heterocycles. The van der Waals surface area contributed by atoms with Gasteiger partial charge in [-0.05, 0) is 6.92 Å². The zero-order chi connectivity index (χ0) is 8.32. The third kappa shape index (κ3) is 1.70. The number of ether oxygens (including phenoxy) is 3. The van der Waals surface area contributed by atoms with Gasteiger partial charge in [-0.25, -0.2) is 0 Å².